The number of anilines is 1. The molecule has 2 heterocycles. The second-order valence-electron chi connectivity index (χ2n) is 4.06. The SMILES string of the molecule is CN(Cc1cccnc1)c1cc(CN)c(Cl)cn1. The minimum Gasteiger partial charge on any atom is -0.355 e. The molecule has 0 radical (unpaired) electrons. The van der Waals surface area contributed by atoms with E-state index in [2.05, 4.69) is 9.97 Å². The molecule has 0 amide bonds. The van der Waals surface area contributed by atoms with Crippen LogP contribution < -0.4 is 10.6 Å². The van der Waals surface area contributed by atoms with Gasteiger partial charge in [-0.2, -0.15) is 0 Å². The van der Waals surface area contributed by atoms with Crippen molar-refractivity contribution in [1.29, 1.82) is 0 Å². The summed E-state index contributed by atoms with van der Waals surface area (Å²) in [4.78, 5) is 10.4. The van der Waals surface area contributed by atoms with Gasteiger partial charge in [-0.1, -0.05) is 17.7 Å². The van der Waals surface area contributed by atoms with Gasteiger partial charge in [-0.3, -0.25) is 4.98 Å². The predicted molar refractivity (Wildman–Crippen MR) is 73.5 cm³/mol. The Morgan fingerprint density at radius 3 is 2.89 bits per heavy atom. The summed E-state index contributed by atoms with van der Waals surface area (Å²) >= 11 is 5.99. The zero-order chi connectivity index (χ0) is 13.0. The second-order valence-corrected chi connectivity index (χ2v) is 4.46. The smallest absolute Gasteiger partial charge is 0.128 e. The third kappa shape index (κ3) is 2.97. The summed E-state index contributed by atoms with van der Waals surface area (Å²) in [6.07, 6.45) is 5.24. The zero-order valence-corrected chi connectivity index (χ0v) is 10.9. The molecular weight excluding hydrogens is 248 g/mol. The highest BCUT2D eigenvalue weighted by Crippen LogP contribution is 2.20. The second kappa shape index (κ2) is 5.80. The maximum atomic E-state index is 5.99. The highest BCUT2D eigenvalue weighted by molar-refractivity contribution is 6.31. The molecule has 94 valence electrons. The number of hydrogen-bond donors (Lipinski definition) is 1. The fourth-order valence-corrected chi connectivity index (χ4v) is 1.86. The largest absolute Gasteiger partial charge is 0.355 e. The fraction of sp³-hybridized carbons (Fsp3) is 0.231. The van der Waals surface area contributed by atoms with Crippen LogP contribution in [0.1, 0.15) is 11.1 Å². The lowest BCUT2D eigenvalue weighted by Gasteiger charge is -2.19. The maximum Gasteiger partial charge on any atom is 0.128 e. The monoisotopic (exact) mass is 262 g/mol. The van der Waals surface area contributed by atoms with Gasteiger partial charge < -0.3 is 10.6 Å². The Morgan fingerprint density at radius 1 is 1.39 bits per heavy atom. The van der Waals surface area contributed by atoms with Crippen molar-refractivity contribution in [3.05, 3.63) is 52.9 Å². The highest BCUT2D eigenvalue weighted by Gasteiger charge is 2.07. The van der Waals surface area contributed by atoms with Crippen LogP contribution in [-0.4, -0.2) is 17.0 Å². The lowest BCUT2D eigenvalue weighted by atomic mass is 10.2. The minimum atomic E-state index is 0.412. The Morgan fingerprint density at radius 2 is 2.22 bits per heavy atom. The molecule has 0 aliphatic heterocycles. The van der Waals surface area contributed by atoms with Crippen molar-refractivity contribution in [2.45, 2.75) is 13.1 Å². The molecule has 2 aromatic heterocycles. The third-order valence-corrected chi connectivity index (χ3v) is 3.01. The van der Waals surface area contributed by atoms with Crippen LogP contribution in [0.2, 0.25) is 5.02 Å². The van der Waals surface area contributed by atoms with Crippen molar-refractivity contribution < 1.29 is 0 Å². The van der Waals surface area contributed by atoms with Gasteiger partial charge in [-0.25, -0.2) is 4.98 Å². The van der Waals surface area contributed by atoms with Gasteiger partial charge in [0.25, 0.3) is 0 Å². The van der Waals surface area contributed by atoms with E-state index < -0.39 is 0 Å². The summed E-state index contributed by atoms with van der Waals surface area (Å²) < 4.78 is 0. The van der Waals surface area contributed by atoms with Crippen LogP contribution >= 0.6 is 11.6 Å². The van der Waals surface area contributed by atoms with Crippen LogP contribution in [0.15, 0.2) is 36.8 Å². The average molecular weight is 263 g/mol. The summed E-state index contributed by atoms with van der Waals surface area (Å²) in [5.74, 6) is 0.851. The Labute approximate surface area is 111 Å². The Kier molecular flexibility index (Phi) is 4.12. The van der Waals surface area contributed by atoms with Gasteiger partial charge in [0, 0.05) is 38.7 Å². The maximum absolute atomic E-state index is 5.99. The van der Waals surface area contributed by atoms with E-state index in [0.29, 0.717) is 11.6 Å². The Bertz CT molecular complexity index is 516. The number of pyridine rings is 2. The highest BCUT2D eigenvalue weighted by atomic mass is 35.5. The van der Waals surface area contributed by atoms with Crippen LogP contribution in [-0.2, 0) is 13.1 Å². The molecule has 0 unspecified atom stereocenters. The fourth-order valence-electron chi connectivity index (χ4n) is 1.68. The van der Waals surface area contributed by atoms with Crippen LogP contribution in [0.25, 0.3) is 0 Å². The first kappa shape index (κ1) is 12.8. The number of rotatable bonds is 4. The van der Waals surface area contributed by atoms with Crippen LogP contribution in [0.3, 0.4) is 0 Å². The summed E-state index contributed by atoms with van der Waals surface area (Å²) in [5.41, 5.74) is 7.66. The number of hydrogen-bond acceptors (Lipinski definition) is 4. The summed E-state index contributed by atoms with van der Waals surface area (Å²) in [6.45, 7) is 1.15. The zero-order valence-electron chi connectivity index (χ0n) is 10.2. The Balaban J connectivity index is 2.16. The van der Waals surface area contributed by atoms with E-state index >= 15 is 0 Å². The topological polar surface area (TPSA) is 55.0 Å². The number of halogens is 1. The normalized spacial score (nSPS) is 10.4. The quantitative estimate of drug-likeness (QED) is 0.918. The first-order valence-electron chi connectivity index (χ1n) is 5.65. The van der Waals surface area contributed by atoms with Gasteiger partial charge in [0.2, 0.25) is 0 Å². The van der Waals surface area contributed by atoms with Gasteiger partial charge in [-0.05, 0) is 23.3 Å². The molecule has 0 aliphatic rings. The van der Waals surface area contributed by atoms with Crippen molar-refractivity contribution in [1.82, 2.24) is 9.97 Å². The molecule has 2 N–H and O–H groups in total. The van der Waals surface area contributed by atoms with Crippen molar-refractivity contribution >= 4 is 17.4 Å². The minimum absolute atomic E-state index is 0.412. The Hall–Kier alpha value is -1.65. The van der Waals surface area contributed by atoms with E-state index in [4.69, 9.17) is 17.3 Å². The van der Waals surface area contributed by atoms with E-state index in [1.807, 2.05) is 36.3 Å². The van der Waals surface area contributed by atoms with E-state index in [1.165, 1.54) is 0 Å². The van der Waals surface area contributed by atoms with Crippen LogP contribution in [0.5, 0.6) is 0 Å². The lowest BCUT2D eigenvalue weighted by molar-refractivity contribution is 0.887. The predicted octanol–water partition coefficient (Wildman–Crippen LogP) is 2.23. The first-order chi connectivity index (χ1) is 8.70. The van der Waals surface area contributed by atoms with Gasteiger partial charge in [0.1, 0.15) is 5.82 Å². The molecule has 0 atom stereocenters. The molecule has 0 saturated heterocycles. The van der Waals surface area contributed by atoms with Crippen molar-refractivity contribution in [3.63, 3.8) is 0 Å². The molecule has 0 spiro atoms. The number of nitrogens with zero attached hydrogens (tertiary/aromatic N) is 3. The molecule has 5 heteroatoms. The van der Waals surface area contributed by atoms with Crippen molar-refractivity contribution in [3.8, 4) is 0 Å². The van der Waals surface area contributed by atoms with Crippen LogP contribution in [0.4, 0.5) is 5.82 Å². The van der Waals surface area contributed by atoms with E-state index in [9.17, 15) is 0 Å². The average Bonchev–Trinajstić information content (AvgIpc) is 2.40. The van der Waals surface area contributed by atoms with E-state index in [-0.39, 0.29) is 0 Å². The molecule has 18 heavy (non-hydrogen) atoms. The molecule has 0 saturated carbocycles. The van der Waals surface area contributed by atoms with Gasteiger partial charge in [0.15, 0.2) is 0 Å². The molecule has 0 fully saturated rings. The van der Waals surface area contributed by atoms with E-state index in [0.717, 1.165) is 23.5 Å². The van der Waals surface area contributed by atoms with Crippen molar-refractivity contribution in [2.75, 3.05) is 11.9 Å². The van der Waals surface area contributed by atoms with Crippen LogP contribution in [0, 0.1) is 0 Å². The molecule has 2 rings (SSSR count). The third-order valence-electron chi connectivity index (χ3n) is 2.67. The standard InChI is InChI=1S/C13H15ClN4/c1-18(9-10-3-2-4-16-7-10)13-5-11(6-15)12(14)8-17-13/h2-5,7-8H,6,9,15H2,1H3. The number of aromatic nitrogens is 2. The first-order valence-corrected chi connectivity index (χ1v) is 6.03. The van der Waals surface area contributed by atoms with Gasteiger partial charge in [0.05, 0.1) is 5.02 Å². The van der Waals surface area contributed by atoms with Gasteiger partial charge >= 0.3 is 0 Å². The van der Waals surface area contributed by atoms with E-state index in [1.54, 1.807) is 12.4 Å². The van der Waals surface area contributed by atoms with Gasteiger partial charge in [-0.15, -0.1) is 0 Å². The molecule has 0 aromatic carbocycles. The number of nitrogens with two attached hydrogens (primary N) is 1. The molecule has 4 nitrogen and oxygen atoms in total. The lowest BCUT2D eigenvalue weighted by Crippen LogP contribution is -2.18. The molecule has 0 bridgehead atoms. The summed E-state index contributed by atoms with van der Waals surface area (Å²) in [5, 5.41) is 0.607. The van der Waals surface area contributed by atoms with Crippen molar-refractivity contribution in [2.24, 2.45) is 5.73 Å². The molecule has 2 aromatic rings. The summed E-state index contributed by atoms with van der Waals surface area (Å²) in [7, 11) is 1.98. The molecule has 0 aliphatic carbocycles. The summed E-state index contributed by atoms with van der Waals surface area (Å²) in [6, 6.07) is 5.87. The molecular formula is C13H15ClN4.